The summed E-state index contributed by atoms with van der Waals surface area (Å²) < 4.78 is 36.5. The molecule has 0 saturated heterocycles. The Morgan fingerprint density at radius 3 is 2.79 bits per heavy atom. The van der Waals surface area contributed by atoms with E-state index in [4.69, 9.17) is 4.74 Å². The lowest BCUT2D eigenvalue weighted by Crippen LogP contribution is -2.12. The van der Waals surface area contributed by atoms with Gasteiger partial charge in [-0.25, -0.2) is 13.8 Å². The molecule has 9 heteroatoms. The van der Waals surface area contributed by atoms with Crippen LogP contribution in [0.2, 0.25) is 0 Å². The van der Waals surface area contributed by atoms with E-state index in [9.17, 15) is 8.78 Å². The molecular formula is C20H19F2N5OS. The van der Waals surface area contributed by atoms with E-state index in [-0.39, 0.29) is 5.75 Å². The molecule has 3 aromatic heterocycles. The first-order valence-corrected chi connectivity index (χ1v) is 10.1. The van der Waals surface area contributed by atoms with Gasteiger partial charge < -0.3 is 13.7 Å². The molecule has 1 aromatic carbocycles. The van der Waals surface area contributed by atoms with E-state index in [1.165, 1.54) is 17.8 Å². The van der Waals surface area contributed by atoms with Crippen LogP contribution in [0, 0.1) is 11.6 Å². The van der Waals surface area contributed by atoms with E-state index >= 15 is 0 Å². The SMILES string of the molecule is CCn1c(SCc2cn3ccccc3n2)nnc1C(C)Oc1ccc(F)cc1F. The first-order chi connectivity index (χ1) is 14.0. The monoisotopic (exact) mass is 415 g/mol. The summed E-state index contributed by atoms with van der Waals surface area (Å²) >= 11 is 1.52. The van der Waals surface area contributed by atoms with Gasteiger partial charge in [-0.2, -0.15) is 0 Å². The third-order valence-corrected chi connectivity index (χ3v) is 5.39. The topological polar surface area (TPSA) is 57.2 Å². The van der Waals surface area contributed by atoms with Gasteiger partial charge in [-0.05, 0) is 38.1 Å². The molecule has 3 heterocycles. The van der Waals surface area contributed by atoms with Crippen molar-refractivity contribution in [3.05, 3.63) is 71.9 Å². The molecule has 0 spiro atoms. The van der Waals surface area contributed by atoms with Crippen molar-refractivity contribution in [1.29, 1.82) is 0 Å². The van der Waals surface area contributed by atoms with Crippen LogP contribution in [-0.2, 0) is 12.3 Å². The summed E-state index contributed by atoms with van der Waals surface area (Å²) in [6.07, 6.45) is 3.39. The van der Waals surface area contributed by atoms with Crippen molar-refractivity contribution in [3.63, 3.8) is 0 Å². The van der Waals surface area contributed by atoms with Crippen molar-refractivity contribution in [2.75, 3.05) is 0 Å². The standard InChI is InChI=1S/C20H19F2N5OS/c1-3-27-19(13(2)28-17-8-7-14(21)10-16(17)22)24-25-20(27)29-12-15-11-26-9-5-4-6-18(26)23-15/h4-11,13H,3,12H2,1-2H3. The second-order valence-corrected chi connectivity index (χ2v) is 7.35. The van der Waals surface area contributed by atoms with E-state index in [1.54, 1.807) is 6.92 Å². The second-order valence-electron chi connectivity index (χ2n) is 6.41. The third kappa shape index (κ3) is 4.09. The minimum atomic E-state index is -0.749. The summed E-state index contributed by atoms with van der Waals surface area (Å²) in [5.41, 5.74) is 1.83. The lowest BCUT2D eigenvalue weighted by Gasteiger charge is -2.16. The fourth-order valence-electron chi connectivity index (χ4n) is 3.01. The maximum Gasteiger partial charge on any atom is 0.191 e. The van der Waals surface area contributed by atoms with Crippen LogP contribution in [0.1, 0.15) is 31.5 Å². The van der Waals surface area contributed by atoms with Crippen LogP contribution in [-0.4, -0.2) is 24.1 Å². The lowest BCUT2D eigenvalue weighted by atomic mass is 10.3. The minimum Gasteiger partial charge on any atom is -0.480 e. The van der Waals surface area contributed by atoms with Crippen molar-refractivity contribution < 1.29 is 13.5 Å². The smallest absolute Gasteiger partial charge is 0.191 e. The zero-order valence-electron chi connectivity index (χ0n) is 15.9. The molecule has 0 aliphatic carbocycles. The number of ether oxygens (including phenoxy) is 1. The fourth-order valence-corrected chi connectivity index (χ4v) is 3.91. The molecule has 4 rings (SSSR count). The molecule has 0 amide bonds. The van der Waals surface area contributed by atoms with Crippen LogP contribution < -0.4 is 4.74 Å². The van der Waals surface area contributed by atoms with Gasteiger partial charge in [0.25, 0.3) is 0 Å². The molecule has 150 valence electrons. The summed E-state index contributed by atoms with van der Waals surface area (Å²) in [4.78, 5) is 4.59. The van der Waals surface area contributed by atoms with Gasteiger partial charge in [0.1, 0.15) is 11.5 Å². The Labute approximate surface area is 170 Å². The molecule has 0 aliphatic rings. The van der Waals surface area contributed by atoms with Crippen LogP contribution in [0.4, 0.5) is 8.78 Å². The van der Waals surface area contributed by atoms with E-state index in [0.29, 0.717) is 18.1 Å². The van der Waals surface area contributed by atoms with Gasteiger partial charge in [-0.1, -0.05) is 17.8 Å². The van der Waals surface area contributed by atoms with Gasteiger partial charge in [-0.15, -0.1) is 10.2 Å². The second kappa shape index (κ2) is 8.20. The molecule has 0 aliphatic heterocycles. The molecule has 4 aromatic rings. The Morgan fingerprint density at radius 1 is 1.17 bits per heavy atom. The predicted octanol–water partition coefficient (Wildman–Crippen LogP) is 4.66. The molecule has 0 radical (unpaired) electrons. The number of pyridine rings is 1. The number of halogens is 2. The first-order valence-electron chi connectivity index (χ1n) is 9.15. The summed E-state index contributed by atoms with van der Waals surface area (Å²) in [5, 5.41) is 9.22. The molecule has 6 nitrogen and oxygen atoms in total. The number of hydrogen-bond donors (Lipinski definition) is 0. The molecule has 1 unspecified atom stereocenters. The van der Waals surface area contributed by atoms with Crippen molar-refractivity contribution in [1.82, 2.24) is 24.1 Å². The van der Waals surface area contributed by atoms with E-state index < -0.39 is 17.7 Å². The Hall–Kier alpha value is -2.94. The maximum absolute atomic E-state index is 13.9. The van der Waals surface area contributed by atoms with E-state index in [0.717, 1.165) is 28.6 Å². The first kappa shape index (κ1) is 19.4. The normalized spacial score (nSPS) is 12.4. The molecule has 1 atom stereocenters. The zero-order chi connectivity index (χ0) is 20.4. The number of rotatable bonds is 7. The van der Waals surface area contributed by atoms with Crippen LogP contribution in [0.15, 0.2) is 53.9 Å². The average Bonchev–Trinajstić information content (AvgIpc) is 3.31. The molecule has 0 saturated carbocycles. The van der Waals surface area contributed by atoms with Crippen molar-refractivity contribution in [2.45, 2.75) is 37.4 Å². The highest BCUT2D eigenvalue weighted by molar-refractivity contribution is 7.98. The third-order valence-electron chi connectivity index (χ3n) is 4.39. The quantitative estimate of drug-likeness (QED) is 0.411. The Balaban J connectivity index is 1.49. The molecular weight excluding hydrogens is 396 g/mol. The number of nitrogens with zero attached hydrogens (tertiary/aromatic N) is 5. The summed E-state index contributed by atoms with van der Waals surface area (Å²) in [6, 6.07) is 9.08. The largest absolute Gasteiger partial charge is 0.480 e. The molecule has 29 heavy (non-hydrogen) atoms. The van der Waals surface area contributed by atoms with Gasteiger partial charge in [0.15, 0.2) is 28.7 Å². The number of imidazole rings is 1. The van der Waals surface area contributed by atoms with Crippen molar-refractivity contribution in [2.24, 2.45) is 0 Å². The van der Waals surface area contributed by atoms with Gasteiger partial charge in [-0.3, -0.25) is 0 Å². The number of aromatic nitrogens is 5. The zero-order valence-corrected chi connectivity index (χ0v) is 16.7. The Morgan fingerprint density at radius 2 is 2.03 bits per heavy atom. The number of fused-ring (bicyclic) bond motifs is 1. The van der Waals surface area contributed by atoms with Gasteiger partial charge >= 0.3 is 0 Å². The number of hydrogen-bond acceptors (Lipinski definition) is 5. The molecule has 0 fully saturated rings. The number of thioether (sulfide) groups is 1. The minimum absolute atomic E-state index is 0.0246. The van der Waals surface area contributed by atoms with Gasteiger partial charge in [0, 0.05) is 30.8 Å². The van der Waals surface area contributed by atoms with Crippen molar-refractivity contribution in [3.8, 4) is 5.75 Å². The lowest BCUT2D eigenvalue weighted by molar-refractivity contribution is 0.200. The van der Waals surface area contributed by atoms with Crippen LogP contribution in [0.5, 0.6) is 5.75 Å². The van der Waals surface area contributed by atoms with E-state index in [1.807, 2.05) is 46.5 Å². The highest BCUT2D eigenvalue weighted by Gasteiger charge is 2.20. The average molecular weight is 415 g/mol. The van der Waals surface area contributed by atoms with Crippen molar-refractivity contribution >= 4 is 17.4 Å². The Kier molecular flexibility index (Phi) is 5.48. The molecule has 0 bridgehead atoms. The van der Waals surface area contributed by atoms with E-state index in [2.05, 4.69) is 15.2 Å². The summed E-state index contributed by atoms with van der Waals surface area (Å²) in [7, 11) is 0. The summed E-state index contributed by atoms with van der Waals surface area (Å²) in [6.45, 7) is 4.37. The van der Waals surface area contributed by atoms with Gasteiger partial charge in [0.2, 0.25) is 0 Å². The van der Waals surface area contributed by atoms with Crippen LogP contribution >= 0.6 is 11.8 Å². The highest BCUT2D eigenvalue weighted by atomic mass is 32.2. The Bertz CT molecular complexity index is 1110. The highest BCUT2D eigenvalue weighted by Crippen LogP contribution is 2.28. The predicted molar refractivity (Wildman–Crippen MR) is 106 cm³/mol. The maximum atomic E-state index is 13.9. The van der Waals surface area contributed by atoms with Crippen LogP contribution in [0.25, 0.3) is 5.65 Å². The van der Waals surface area contributed by atoms with Gasteiger partial charge in [0.05, 0.1) is 5.69 Å². The van der Waals surface area contributed by atoms with Crippen LogP contribution in [0.3, 0.4) is 0 Å². The summed E-state index contributed by atoms with van der Waals surface area (Å²) in [5.74, 6) is -0.204. The fraction of sp³-hybridized carbons (Fsp3) is 0.250. The molecule has 0 N–H and O–H groups in total. The number of benzene rings is 1.